The van der Waals surface area contributed by atoms with Gasteiger partial charge in [-0.15, -0.1) is 0 Å². The molecule has 17 heavy (non-hydrogen) atoms. The monoisotopic (exact) mass is 240 g/mol. The maximum Gasteiger partial charge on any atom is 0.287 e. The highest BCUT2D eigenvalue weighted by Crippen LogP contribution is 2.00. The molecule has 0 fully saturated rings. The summed E-state index contributed by atoms with van der Waals surface area (Å²) in [6, 6.07) is 2.07. The third-order valence-electron chi connectivity index (χ3n) is 2.15. The Bertz CT molecular complexity index is 375. The van der Waals surface area contributed by atoms with Crippen LogP contribution < -0.4 is 10.6 Å². The first kappa shape index (κ1) is 13.2. The van der Waals surface area contributed by atoms with E-state index in [9.17, 15) is 9.59 Å². The van der Waals surface area contributed by atoms with Crippen LogP contribution >= 0.6 is 0 Å². The number of amides is 2. The smallest absolute Gasteiger partial charge is 0.287 e. The van der Waals surface area contributed by atoms with E-state index < -0.39 is 11.9 Å². The SMILES string of the molecule is CC(NC(=O)c1ccco1)C(=O)N[C@H](C)CO. The summed E-state index contributed by atoms with van der Waals surface area (Å²) < 4.78 is 4.89. The second-order valence-electron chi connectivity index (χ2n) is 3.76. The number of carbonyl (C=O) groups is 2. The van der Waals surface area contributed by atoms with Crippen LogP contribution in [0.2, 0.25) is 0 Å². The van der Waals surface area contributed by atoms with Gasteiger partial charge in [-0.05, 0) is 26.0 Å². The van der Waals surface area contributed by atoms with Crippen molar-refractivity contribution in [3.8, 4) is 0 Å². The third-order valence-corrected chi connectivity index (χ3v) is 2.15. The van der Waals surface area contributed by atoms with Gasteiger partial charge in [-0.2, -0.15) is 0 Å². The standard InChI is InChI=1S/C11H16N2O4/c1-7(6-14)12-10(15)8(2)13-11(16)9-4-3-5-17-9/h3-5,7-8,14H,6H2,1-2H3,(H,12,15)(H,13,16)/t7-,8?/m1/s1. The van der Waals surface area contributed by atoms with E-state index >= 15 is 0 Å². The summed E-state index contributed by atoms with van der Waals surface area (Å²) in [5.41, 5.74) is 0. The molecule has 2 atom stereocenters. The van der Waals surface area contributed by atoms with Gasteiger partial charge in [0.25, 0.3) is 5.91 Å². The van der Waals surface area contributed by atoms with E-state index in [2.05, 4.69) is 10.6 Å². The van der Waals surface area contributed by atoms with Gasteiger partial charge in [-0.1, -0.05) is 0 Å². The number of carbonyl (C=O) groups excluding carboxylic acids is 2. The molecular weight excluding hydrogens is 224 g/mol. The topological polar surface area (TPSA) is 91.6 Å². The van der Waals surface area contributed by atoms with Crippen LogP contribution in [0.4, 0.5) is 0 Å². The Morgan fingerprint density at radius 2 is 2.12 bits per heavy atom. The molecule has 94 valence electrons. The average Bonchev–Trinajstić information content (AvgIpc) is 2.82. The van der Waals surface area contributed by atoms with Gasteiger partial charge in [-0.3, -0.25) is 9.59 Å². The van der Waals surface area contributed by atoms with Crippen LogP contribution in [0.3, 0.4) is 0 Å². The summed E-state index contributed by atoms with van der Waals surface area (Å²) in [5, 5.41) is 13.8. The zero-order chi connectivity index (χ0) is 12.8. The zero-order valence-electron chi connectivity index (χ0n) is 9.77. The van der Waals surface area contributed by atoms with Gasteiger partial charge in [0.1, 0.15) is 6.04 Å². The van der Waals surface area contributed by atoms with Gasteiger partial charge in [0.05, 0.1) is 12.9 Å². The normalized spacial score (nSPS) is 13.8. The van der Waals surface area contributed by atoms with E-state index in [-0.39, 0.29) is 24.3 Å². The molecule has 2 amide bonds. The molecule has 0 aromatic carbocycles. The second-order valence-corrected chi connectivity index (χ2v) is 3.76. The predicted molar refractivity (Wildman–Crippen MR) is 60.3 cm³/mol. The molecule has 0 spiro atoms. The Labute approximate surface area is 99.0 Å². The van der Waals surface area contributed by atoms with Gasteiger partial charge in [-0.25, -0.2) is 0 Å². The van der Waals surface area contributed by atoms with Crippen molar-refractivity contribution in [2.45, 2.75) is 25.9 Å². The van der Waals surface area contributed by atoms with Gasteiger partial charge in [0.15, 0.2) is 5.76 Å². The largest absolute Gasteiger partial charge is 0.459 e. The summed E-state index contributed by atoms with van der Waals surface area (Å²) in [4.78, 5) is 23.1. The highest BCUT2D eigenvalue weighted by molar-refractivity contribution is 5.95. The van der Waals surface area contributed by atoms with Crippen molar-refractivity contribution >= 4 is 11.8 Å². The minimum absolute atomic E-state index is 0.148. The van der Waals surface area contributed by atoms with E-state index in [0.29, 0.717) is 0 Å². The van der Waals surface area contributed by atoms with Crippen LogP contribution in [0.15, 0.2) is 22.8 Å². The number of rotatable bonds is 5. The van der Waals surface area contributed by atoms with Crippen LogP contribution in [-0.2, 0) is 4.79 Å². The van der Waals surface area contributed by atoms with Crippen molar-refractivity contribution in [2.75, 3.05) is 6.61 Å². The first-order valence-corrected chi connectivity index (χ1v) is 5.30. The van der Waals surface area contributed by atoms with Gasteiger partial charge < -0.3 is 20.2 Å². The molecule has 1 heterocycles. The molecule has 0 saturated carbocycles. The number of hydrogen-bond acceptors (Lipinski definition) is 4. The Hall–Kier alpha value is -1.82. The lowest BCUT2D eigenvalue weighted by atomic mass is 10.2. The summed E-state index contributed by atoms with van der Waals surface area (Å²) in [5.74, 6) is -0.652. The van der Waals surface area contributed by atoms with Crippen molar-refractivity contribution in [3.05, 3.63) is 24.2 Å². The predicted octanol–water partition coefficient (Wildman–Crippen LogP) is -0.105. The number of aliphatic hydroxyl groups is 1. The van der Waals surface area contributed by atoms with Crippen LogP contribution in [0, 0.1) is 0 Å². The van der Waals surface area contributed by atoms with Crippen molar-refractivity contribution in [1.29, 1.82) is 0 Å². The minimum Gasteiger partial charge on any atom is -0.459 e. The zero-order valence-corrected chi connectivity index (χ0v) is 9.77. The molecule has 1 unspecified atom stereocenters. The van der Waals surface area contributed by atoms with Crippen molar-refractivity contribution < 1.29 is 19.1 Å². The molecule has 6 nitrogen and oxygen atoms in total. The molecule has 3 N–H and O–H groups in total. The Balaban J connectivity index is 2.46. The Morgan fingerprint density at radius 3 is 2.65 bits per heavy atom. The first-order chi connectivity index (χ1) is 8.04. The van der Waals surface area contributed by atoms with Crippen LogP contribution in [0.25, 0.3) is 0 Å². The quantitative estimate of drug-likeness (QED) is 0.670. The van der Waals surface area contributed by atoms with Gasteiger partial charge >= 0.3 is 0 Å². The molecular formula is C11H16N2O4. The fraction of sp³-hybridized carbons (Fsp3) is 0.455. The van der Waals surface area contributed by atoms with Crippen LogP contribution in [-0.4, -0.2) is 35.6 Å². The first-order valence-electron chi connectivity index (χ1n) is 5.30. The molecule has 6 heteroatoms. The van der Waals surface area contributed by atoms with Crippen LogP contribution in [0.1, 0.15) is 24.4 Å². The maximum absolute atomic E-state index is 11.5. The highest BCUT2D eigenvalue weighted by atomic mass is 16.3. The molecule has 1 aromatic heterocycles. The van der Waals surface area contributed by atoms with Crippen molar-refractivity contribution in [3.63, 3.8) is 0 Å². The maximum atomic E-state index is 11.5. The lowest BCUT2D eigenvalue weighted by Gasteiger charge is -2.16. The van der Waals surface area contributed by atoms with E-state index in [1.54, 1.807) is 19.9 Å². The molecule has 0 radical (unpaired) electrons. The minimum atomic E-state index is -0.693. The van der Waals surface area contributed by atoms with Crippen molar-refractivity contribution in [2.24, 2.45) is 0 Å². The summed E-state index contributed by atoms with van der Waals surface area (Å²) >= 11 is 0. The number of nitrogens with one attached hydrogen (secondary N) is 2. The third kappa shape index (κ3) is 3.92. The molecule has 0 saturated heterocycles. The molecule has 0 aliphatic rings. The van der Waals surface area contributed by atoms with Crippen molar-refractivity contribution in [1.82, 2.24) is 10.6 Å². The molecule has 0 aliphatic carbocycles. The highest BCUT2D eigenvalue weighted by Gasteiger charge is 2.18. The number of furan rings is 1. The molecule has 0 aliphatic heterocycles. The van der Waals surface area contributed by atoms with Crippen LogP contribution in [0.5, 0.6) is 0 Å². The summed E-state index contributed by atoms with van der Waals surface area (Å²) in [6.45, 7) is 3.07. The van der Waals surface area contributed by atoms with Gasteiger partial charge in [0.2, 0.25) is 5.91 Å². The molecule has 1 rings (SSSR count). The molecule has 1 aromatic rings. The Morgan fingerprint density at radius 1 is 1.41 bits per heavy atom. The molecule has 0 bridgehead atoms. The lowest BCUT2D eigenvalue weighted by Crippen LogP contribution is -2.48. The van der Waals surface area contributed by atoms with E-state index in [4.69, 9.17) is 9.52 Å². The summed E-state index contributed by atoms with van der Waals surface area (Å²) in [7, 11) is 0. The second kappa shape index (κ2) is 6.05. The lowest BCUT2D eigenvalue weighted by molar-refractivity contribution is -0.123. The Kier molecular flexibility index (Phi) is 4.71. The number of hydrogen-bond donors (Lipinski definition) is 3. The summed E-state index contributed by atoms with van der Waals surface area (Å²) in [6.07, 6.45) is 1.38. The van der Waals surface area contributed by atoms with E-state index in [1.807, 2.05) is 0 Å². The van der Waals surface area contributed by atoms with Gasteiger partial charge in [0, 0.05) is 6.04 Å². The number of aliphatic hydroxyl groups excluding tert-OH is 1. The van der Waals surface area contributed by atoms with E-state index in [0.717, 1.165) is 0 Å². The van der Waals surface area contributed by atoms with E-state index in [1.165, 1.54) is 12.3 Å². The fourth-order valence-corrected chi connectivity index (χ4v) is 1.15. The fourth-order valence-electron chi connectivity index (χ4n) is 1.15. The average molecular weight is 240 g/mol.